The molecule has 2 aromatic heterocycles. The minimum atomic E-state index is -0.222. The summed E-state index contributed by atoms with van der Waals surface area (Å²) in [6.45, 7) is 5.50. The third-order valence-electron chi connectivity index (χ3n) is 4.66. The predicted molar refractivity (Wildman–Crippen MR) is 107 cm³/mol. The summed E-state index contributed by atoms with van der Waals surface area (Å²) < 4.78 is 13.8. The molecule has 0 saturated carbocycles. The van der Waals surface area contributed by atoms with Crippen molar-refractivity contribution >= 4 is 17.7 Å². The quantitative estimate of drug-likeness (QED) is 0.731. The van der Waals surface area contributed by atoms with E-state index in [-0.39, 0.29) is 5.82 Å². The van der Waals surface area contributed by atoms with E-state index in [0.717, 1.165) is 37.8 Å². The Morgan fingerprint density at radius 2 is 1.61 bits per heavy atom. The Hall–Kier alpha value is -3.29. The van der Waals surface area contributed by atoms with E-state index in [1.165, 1.54) is 6.07 Å². The SMILES string of the molecule is Cc1cc(NCc2ccccc2F)nc(N2CCN(c3ncccn3)CC2)n1. The van der Waals surface area contributed by atoms with Gasteiger partial charge in [-0.25, -0.2) is 19.3 Å². The number of hydrogen-bond donors (Lipinski definition) is 1. The summed E-state index contributed by atoms with van der Waals surface area (Å²) in [5.41, 5.74) is 1.48. The highest BCUT2D eigenvalue weighted by atomic mass is 19.1. The monoisotopic (exact) mass is 379 g/mol. The second kappa shape index (κ2) is 8.16. The van der Waals surface area contributed by atoms with Crippen molar-refractivity contribution in [1.82, 2.24) is 19.9 Å². The first kappa shape index (κ1) is 18.1. The minimum Gasteiger partial charge on any atom is -0.366 e. The van der Waals surface area contributed by atoms with Crippen molar-refractivity contribution in [2.24, 2.45) is 0 Å². The fraction of sp³-hybridized carbons (Fsp3) is 0.300. The lowest BCUT2D eigenvalue weighted by Gasteiger charge is -2.34. The van der Waals surface area contributed by atoms with Gasteiger partial charge in [0, 0.05) is 62.4 Å². The summed E-state index contributed by atoms with van der Waals surface area (Å²) in [6, 6.07) is 10.4. The van der Waals surface area contributed by atoms with Crippen LogP contribution >= 0.6 is 0 Å². The first-order valence-electron chi connectivity index (χ1n) is 9.29. The zero-order valence-electron chi connectivity index (χ0n) is 15.7. The van der Waals surface area contributed by atoms with E-state index in [4.69, 9.17) is 0 Å². The number of rotatable bonds is 5. The van der Waals surface area contributed by atoms with Gasteiger partial charge in [0.05, 0.1) is 0 Å². The highest BCUT2D eigenvalue weighted by Crippen LogP contribution is 2.18. The van der Waals surface area contributed by atoms with Gasteiger partial charge in [-0.2, -0.15) is 4.98 Å². The molecular formula is C20H22FN7. The molecule has 0 unspecified atom stereocenters. The first-order valence-corrected chi connectivity index (χ1v) is 9.29. The van der Waals surface area contributed by atoms with Gasteiger partial charge in [0.15, 0.2) is 0 Å². The van der Waals surface area contributed by atoms with Crippen LogP contribution < -0.4 is 15.1 Å². The first-order chi connectivity index (χ1) is 13.7. The van der Waals surface area contributed by atoms with Gasteiger partial charge in [0.2, 0.25) is 11.9 Å². The topological polar surface area (TPSA) is 70.1 Å². The molecule has 0 amide bonds. The number of halogens is 1. The Kier molecular flexibility index (Phi) is 5.27. The van der Waals surface area contributed by atoms with E-state index < -0.39 is 0 Å². The summed E-state index contributed by atoms with van der Waals surface area (Å²) in [5, 5.41) is 3.21. The molecule has 1 aromatic carbocycles. The molecule has 28 heavy (non-hydrogen) atoms. The average molecular weight is 379 g/mol. The van der Waals surface area contributed by atoms with Gasteiger partial charge in [-0.1, -0.05) is 18.2 Å². The smallest absolute Gasteiger partial charge is 0.227 e. The van der Waals surface area contributed by atoms with Crippen LogP contribution in [0.1, 0.15) is 11.3 Å². The molecule has 144 valence electrons. The maximum atomic E-state index is 13.8. The lowest BCUT2D eigenvalue weighted by atomic mass is 10.2. The third kappa shape index (κ3) is 4.16. The van der Waals surface area contributed by atoms with Crippen LogP contribution in [0.15, 0.2) is 48.8 Å². The van der Waals surface area contributed by atoms with E-state index >= 15 is 0 Å². The largest absolute Gasteiger partial charge is 0.366 e. The number of aromatic nitrogens is 4. The molecule has 4 rings (SSSR count). The molecule has 1 saturated heterocycles. The maximum Gasteiger partial charge on any atom is 0.227 e. The Bertz CT molecular complexity index is 927. The zero-order chi connectivity index (χ0) is 19.3. The Morgan fingerprint density at radius 1 is 0.929 bits per heavy atom. The van der Waals surface area contributed by atoms with Gasteiger partial charge in [-0.3, -0.25) is 0 Å². The van der Waals surface area contributed by atoms with Crippen LogP contribution in [0.3, 0.4) is 0 Å². The molecule has 0 atom stereocenters. The van der Waals surface area contributed by atoms with Crippen molar-refractivity contribution in [3.8, 4) is 0 Å². The highest BCUT2D eigenvalue weighted by Gasteiger charge is 2.21. The van der Waals surface area contributed by atoms with Crippen molar-refractivity contribution in [3.05, 3.63) is 65.9 Å². The average Bonchev–Trinajstić information content (AvgIpc) is 2.74. The third-order valence-corrected chi connectivity index (χ3v) is 4.66. The Morgan fingerprint density at radius 3 is 2.32 bits per heavy atom. The van der Waals surface area contributed by atoms with Crippen LogP contribution in [0.5, 0.6) is 0 Å². The van der Waals surface area contributed by atoms with Crippen molar-refractivity contribution in [3.63, 3.8) is 0 Å². The molecule has 0 bridgehead atoms. The second-order valence-corrected chi connectivity index (χ2v) is 6.66. The molecule has 3 heterocycles. The fourth-order valence-corrected chi connectivity index (χ4v) is 3.17. The van der Waals surface area contributed by atoms with Crippen molar-refractivity contribution < 1.29 is 4.39 Å². The molecule has 1 fully saturated rings. The van der Waals surface area contributed by atoms with Gasteiger partial charge in [0.1, 0.15) is 11.6 Å². The van der Waals surface area contributed by atoms with Crippen molar-refractivity contribution in [2.75, 3.05) is 41.3 Å². The van der Waals surface area contributed by atoms with Gasteiger partial charge in [0.25, 0.3) is 0 Å². The molecule has 3 aromatic rings. The normalized spacial score (nSPS) is 14.2. The summed E-state index contributed by atoms with van der Waals surface area (Å²) >= 11 is 0. The Balaban J connectivity index is 1.42. The van der Waals surface area contributed by atoms with E-state index in [0.29, 0.717) is 23.9 Å². The number of piperazine rings is 1. The van der Waals surface area contributed by atoms with Crippen LogP contribution in [-0.4, -0.2) is 46.1 Å². The maximum absolute atomic E-state index is 13.8. The number of nitrogens with zero attached hydrogens (tertiary/aromatic N) is 6. The number of benzene rings is 1. The number of aryl methyl sites for hydroxylation is 1. The van der Waals surface area contributed by atoms with E-state index in [2.05, 4.69) is 35.1 Å². The van der Waals surface area contributed by atoms with Gasteiger partial charge in [-0.15, -0.1) is 0 Å². The number of anilines is 3. The van der Waals surface area contributed by atoms with E-state index in [9.17, 15) is 4.39 Å². The zero-order valence-corrected chi connectivity index (χ0v) is 15.7. The summed E-state index contributed by atoms with van der Waals surface area (Å²) in [6.07, 6.45) is 3.51. The van der Waals surface area contributed by atoms with Gasteiger partial charge < -0.3 is 15.1 Å². The van der Waals surface area contributed by atoms with Crippen LogP contribution in [0.25, 0.3) is 0 Å². The van der Waals surface area contributed by atoms with Crippen LogP contribution in [0.4, 0.5) is 22.1 Å². The van der Waals surface area contributed by atoms with Crippen molar-refractivity contribution in [1.29, 1.82) is 0 Å². The lowest BCUT2D eigenvalue weighted by Crippen LogP contribution is -2.47. The second-order valence-electron chi connectivity index (χ2n) is 6.66. The summed E-state index contributed by atoms with van der Waals surface area (Å²) in [5.74, 6) is 1.91. The molecule has 1 aliphatic heterocycles. The summed E-state index contributed by atoms with van der Waals surface area (Å²) in [4.78, 5) is 22.1. The lowest BCUT2D eigenvalue weighted by molar-refractivity contribution is 0.612. The number of nitrogens with one attached hydrogen (secondary N) is 1. The Labute approximate surface area is 163 Å². The molecule has 0 aliphatic carbocycles. The molecule has 8 heteroatoms. The van der Waals surface area contributed by atoms with E-state index in [1.54, 1.807) is 24.5 Å². The minimum absolute atomic E-state index is 0.222. The van der Waals surface area contributed by atoms with Crippen LogP contribution in [-0.2, 0) is 6.54 Å². The molecule has 7 nitrogen and oxygen atoms in total. The van der Waals surface area contributed by atoms with Crippen LogP contribution in [0, 0.1) is 12.7 Å². The van der Waals surface area contributed by atoms with Crippen LogP contribution in [0.2, 0.25) is 0 Å². The van der Waals surface area contributed by atoms with Gasteiger partial charge in [-0.05, 0) is 19.1 Å². The van der Waals surface area contributed by atoms with Crippen molar-refractivity contribution in [2.45, 2.75) is 13.5 Å². The standard InChI is InChI=1S/C20H22FN7/c1-15-13-18(24-14-16-5-2-3-6-17(16)21)26-20(25-15)28-11-9-27(10-12-28)19-22-7-4-8-23-19/h2-8,13H,9-12,14H2,1H3,(H,24,25,26). The van der Waals surface area contributed by atoms with Gasteiger partial charge >= 0.3 is 0 Å². The molecule has 1 aliphatic rings. The van der Waals surface area contributed by atoms with E-state index in [1.807, 2.05) is 25.1 Å². The predicted octanol–water partition coefficient (Wildman–Crippen LogP) is 2.65. The summed E-state index contributed by atoms with van der Waals surface area (Å²) in [7, 11) is 0. The molecule has 0 spiro atoms. The molecule has 0 radical (unpaired) electrons. The highest BCUT2D eigenvalue weighted by molar-refractivity contribution is 5.45. The number of hydrogen-bond acceptors (Lipinski definition) is 7. The molecule has 1 N–H and O–H groups in total. The fourth-order valence-electron chi connectivity index (χ4n) is 3.17. The molecular weight excluding hydrogens is 357 g/mol.